The van der Waals surface area contributed by atoms with Gasteiger partial charge in [-0.25, -0.2) is 8.42 Å². The van der Waals surface area contributed by atoms with E-state index in [9.17, 15) is 18.0 Å². The van der Waals surface area contributed by atoms with Gasteiger partial charge >= 0.3 is 0 Å². The maximum atomic E-state index is 14.2. The second kappa shape index (κ2) is 15.0. The zero-order valence-corrected chi connectivity index (χ0v) is 27.7. The molecule has 3 aromatic carbocycles. The molecule has 13 heteroatoms. The predicted molar refractivity (Wildman–Crippen MR) is 172 cm³/mol. The summed E-state index contributed by atoms with van der Waals surface area (Å²) in [4.78, 5) is 29.2. The van der Waals surface area contributed by atoms with Crippen molar-refractivity contribution < 1.29 is 18.0 Å². The number of nitrogens with one attached hydrogen (secondary N) is 1. The molecule has 0 aliphatic carbocycles. The van der Waals surface area contributed by atoms with Gasteiger partial charge in [-0.2, -0.15) is 0 Å². The van der Waals surface area contributed by atoms with E-state index in [1.165, 1.54) is 23.1 Å². The maximum absolute atomic E-state index is 14.2. The number of sulfonamides is 1. The third-order valence-corrected chi connectivity index (χ3v) is 8.99. The highest BCUT2D eigenvalue weighted by Crippen LogP contribution is 2.36. The Morgan fingerprint density at radius 1 is 0.857 bits per heavy atom. The van der Waals surface area contributed by atoms with Crippen LogP contribution in [0.4, 0.5) is 5.69 Å². The second-order valence-electron chi connectivity index (χ2n) is 10.1. The zero-order chi connectivity index (χ0) is 31.2. The summed E-state index contributed by atoms with van der Waals surface area (Å²) in [6.45, 7) is 3.50. The summed E-state index contributed by atoms with van der Waals surface area (Å²) >= 11 is 31.2. The first kappa shape index (κ1) is 34.3. The summed E-state index contributed by atoms with van der Waals surface area (Å²) < 4.78 is 26.8. The van der Waals surface area contributed by atoms with Crippen molar-refractivity contribution in [2.45, 2.75) is 32.9 Å². The number of carbonyl (C=O) groups excluding carboxylic acids is 2. The average Bonchev–Trinajstić information content (AvgIpc) is 2.91. The third kappa shape index (κ3) is 9.40. The molecule has 0 saturated carbocycles. The van der Waals surface area contributed by atoms with Crippen LogP contribution < -0.4 is 9.62 Å². The van der Waals surface area contributed by atoms with E-state index in [1.807, 2.05) is 44.2 Å². The molecular weight excluding hydrogens is 664 g/mol. The lowest BCUT2D eigenvalue weighted by Crippen LogP contribution is -2.53. The van der Waals surface area contributed by atoms with Gasteiger partial charge in [0.25, 0.3) is 0 Å². The van der Waals surface area contributed by atoms with Crippen LogP contribution in [0.3, 0.4) is 0 Å². The molecule has 42 heavy (non-hydrogen) atoms. The number of hydrogen-bond donors (Lipinski definition) is 1. The molecule has 226 valence electrons. The zero-order valence-electron chi connectivity index (χ0n) is 23.1. The normalized spacial score (nSPS) is 12.2. The van der Waals surface area contributed by atoms with Gasteiger partial charge in [0, 0.05) is 29.6 Å². The van der Waals surface area contributed by atoms with Crippen LogP contribution in [0.25, 0.3) is 0 Å². The highest BCUT2D eigenvalue weighted by molar-refractivity contribution is 7.92. The van der Waals surface area contributed by atoms with Crippen LogP contribution in [0.2, 0.25) is 25.1 Å². The van der Waals surface area contributed by atoms with Gasteiger partial charge in [0.05, 0.1) is 27.0 Å². The van der Waals surface area contributed by atoms with E-state index in [4.69, 9.17) is 58.0 Å². The molecule has 2 amide bonds. The Balaban J connectivity index is 2.12. The molecule has 0 aliphatic heterocycles. The van der Waals surface area contributed by atoms with Crippen molar-refractivity contribution >= 4 is 85.5 Å². The molecule has 3 aromatic rings. The summed E-state index contributed by atoms with van der Waals surface area (Å²) in [7, 11) is -4.06. The van der Waals surface area contributed by atoms with Gasteiger partial charge in [0.15, 0.2) is 0 Å². The minimum atomic E-state index is -4.06. The van der Waals surface area contributed by atoms with Crippen molar-refractivity contribution in [3.05, 3.63) is 96.9 Å². The van der Waals surface area contributed by atoms with Crippen LogP contribution in [0.5, 0.6) is 0 Å². The highest BCUT2D eigenvalue weighted by Gasteiger charge is 2.34. The monoisotopic (exact) mass is 691 g/mol. The van der Waals surface area contributed by atoms with Crippen LogP contribution in [0, 0.1) is 5.92 Å². The lowest BCUT2D eigenvalue weighted by Gasteiger charge is -2.34. The van der Waals surface area contributed by atoms with Gasteiger partial charge in [-0.1, -0.05) is 108 Å². The Morgan fingerprint density at radius 3 is 2.10 bits per heavy atom. The maximum Gasteiger partial charge on any atom is 0.244 e. The third-order valence-electron chi connectivity index (χ3n) is 6.25. The summed E-state index contributed by atoms with van der Waals surface area (Å²) in [6.07, 6.45) is 1.10. The molecule has 0 heterocycles. The Hall–Kier alpha value is -2.20. The fourth-order valence-electron chi connectivity index (χ4n) is 4.11. The Kier molecular flexibility index (Phi) is 12.2. The number of carbonyl (C=O) groups is 2. The predicted octanol–water partition coefficient (Wildman–Crippen LogP) is 7.13. The standard InChI is InChI=1S/C29H30Cl5N3O4S/c1-18(2)15-35-29(39)27(11-19-7-5-4-6-8-19)36(16-20-9-10-21(30)12-22(20)31)28(38)17-37(42(3,40)41)26-14-24(33)23(32)13-25(26)34/h4-10,12-14,18,27H,11,15-17H2,1-3H3,(H,35,39)/t27-/m0/s1. The van der Waals surface area contributed by atoms with Gasteiger partial charge in [0.2, 0.25) is 21.8 Å². The number of amides is 2. The van der Waals surface area contributed by atoms with E-state index >= 15 is 0 Å². The number of rotatable bonds is 12. The largest absolute Gasteiger partial charge is 0.354 e. The van der Waals surface area contributed by atoms with Gasteiger partial charge in [-0.3, -0.25) is 13.9 Å². The molecule has 0 radical (unpaired) electrons. The van der Waals surface area contributed by atoms with Crippen LogP contribution in [-0.2, 0) is 32.6 Å². The molecule has 3 rings (SSSR count). The van der Waals surface area contributed by atoms with E-state index in [0.717, 1.165) is 16.1 Å². The fourth-order valence-corrected chi connectivity index (χ4v) is 6.12. The van der Waals surface area contributed by atoms with E-state index in [-0.39, 0.29) is 44.7 Å². The Morgan fingerprint density at radius 2 is 1.50 bits per heavy atom. The minimum absolute atomic E-state index is 0.0227. The van der Waals surface area contributed by atoms with Crippen molar-refractivity contribution in [2.24, 2.45) is 5.92 Å². The van der Waals surface area contributed by atoms with E-state index < -0.39 is 34.4 Å². The van der Waals surface area contributed by atoms with Crippen LogP contribution in [0.15, 0.2) is 60.7 Å². The first-order valence-electron chi connectivity index (χ1n) is 12.8. The first-order chi connectivity index (χ1) is 19.7. The molecule has 0 bridgehead atoms. The van der Waals surface area contributed by atoms with Crippen molar-refractivity contribution in [2.75, 3.05) is 23.7 Å². The van der Waals surface area contributed by atoms with Crippen molar-refractivity contribution in [1.82, 2.24) is 10.2 Å². The molecular formula is C29H30Cl5N3O4S. The van der Waals surface area contributed by atoms with E-state index in [0.29, 0.717) is 17.1 Å². The van der Waals surface area contributed by atoms with Gasteiger partial charge < -0.3 is 10.2 Å². The molecule has 0 aromatic heterocycles. The molecule has 1 N–H and O–H groups in total. The van der Waals surface area contributed by atoms with Gasteiger partial charge in [-0.05, 0) is 41.3 Å². The molecule has 0 fully saturated rings. The number of anilines is 1. The van der Waals surface area contributed by atoms with Crippen LogP contribution >= 0.6 is 58.0 Å². The smallest absolute Gasteiger partial charge is 0.244 e. The molecule has 0 spiro atoms. The van der Waals surface area contributed by atoms with Gasteiger partial charge in [-0.15, -0.1) is 0 Å². The fraction of sp³-hybridized carbons (Fsp3) is 0.310. The van der Waals surface area contributed by atoms with Crippen molar-refractivity contribution in [1.29, 1.82) is 0 Å². The van der Waals surface area contributed by atoms with E-state index in [2.05, 4.69) is 5.32 Å². The lowest BCUT2D eigenvalue weighted by atomic mass is 10.0. The molecule has 0 aliphatic rings. The Labute approximate surface area is 271 Å². The number of halogens is 5. The quantitative estimate of drug-likeness (QED) is 0.205. The second-order valence-corrected chi connectivity index (χ2v) is 14.1. The molecule has 0 saturated heterocycles. The minimum Gasteiger partial charge on any atom is -0.354 e. The molecule has 0 unspecified atom stereocenters. The highest BCUT2D eigenvalue weighted by atomic mass is 35.5. The average molecular weight is 694 g/mol. The number of hydrogen-bond acceptors (Lipinski definition) is 4. The van der Waals surface area contributed by atoms with Crippen molar-refractivity contribution in [3.8, 4) is 0 Å². The SMILES string of the molecule is CC(C)CNC(=O)[C@H](Cc1ccccc1)N(Cc1ccc(Cl)cc1Cl)C(=O)CN(c1cc(Cl)c(Cl)cc1Cl)S(C)(=O)=O. The summed E-state index contributed by atoms with van der Waals surface area (Å²) in [5, 5.41) is 3.75. The summed E-state index contributed by atoms with van der Waals surface area (Å²) in [5.74, 6) is -0.919. The Bertz CT molecular complexity index is 1540. The number of benzene rings is 3. The topological polar surface area (TPSA) is 86.8 Å². The van der Waals surface area contributed by atoms with Crippen LogP contribution in [-0.4, -0.2) is 50.5 Å². The van der Waals surface area contributed by atoms with Crippen molar-refractivity contribution in [3.63, 3.8) is 0 Å². The first-order valence-corrected chi connectivity index (χ1v) is 16.6. The molecule has 1 atom stereocenters. The molecule has 7 nitrogen and oxygen atoms in total. The van der Waals surface area contributed by atoms with E-state index in [1.54, 1.807) is 12.1 Å². The lowest BCUT2D eigenvalue weighted by molar-refractivity contribution is -0.140. The summed E-state index contributed by atoms with van der Waals surface area (Å²) in [5.41, 5.74) is 1.28. The van der Waals surface area contributed by atoms with Crippen LogP contribution in [0.1, 0.15) is 25.0 Å². The number of nitrogens with zero attached hydrogens (tertiary/aromatic N) is 2. The summed E-state index contributed by atoms with van der Waals surface area (Å²) in [6, 6.07) is 15.6. The van der Waals surface area contributed by atoms with Gasteiger partial charge in [0.1, 0.15) is 12.6 Å².